The normalized spacial score (nSPS) is 11.5. The third-order valence-electron chi connectivity index (χ3n) is 3.20. The number of aromatic amines is 1. The molecular formula is C14H9F3N6O. The average Bonchev–Trinajstić information content (AvgIpc) is 3.20. The topological polar surface area (TPSA) is 104 Å². The maximum Gasteiger partial charge on any atom is 0.433 e. The lowest BCUT2D eigenvalue weighted by Crippen LogP contribution is -2.07. The number of hydrogen-bond acceptors (Lipinski definition) is 6. The van der Waals surface area contributed by atoms with E-state index in [-0.39, 0.29) is 22.8 Å². The smallest absolute Gasteiger partial charge is 0.433 e. The molecule has 10 heteroatoms. The van der Waals surface area contributed by atoms with Gasteiger partial charge < -0.3 is 4.42 Å². The highest BCUT2D eigenvalue weighted by Gasteiger charge is 2.32. The largest absolute Gasteiger partial charge is 0.440 e. The van der Waals surface area contributed by atoms with Gasteiger partial charge >= 0.3 is 6.18 Å². The van der Waals surface area contributed by atoms with Crippen molar-refractivity contribution in [3.8, 4) is 28.9 Å². The molecule has 0 saturated carbocycles. The van der Waals surface area contributed by atoms with Crippen LogP contribution >= 0.6 is 0 Å². The molecule has 0 bridgehead atoms. The Hall–Kier alpha value is -3.22. The van der Waals surface area contributed by atoms with E-state index in [4.69, 9.17) is 9.68 Å². The third kappa shape index (κ3) is 2.71. The second-order valence-electron chi connectivity index (χ2n) is 4.71. The number of nitrogens with zero attached hydrogens (tertiary/aromatic N) is 5. The van der Waals surface area contributed by atoms with E-state index in [1.165, 1.54) is 6.07 Å². The zero-order valence-corrected chi connectivity index (χ0v) is 12.2. The maximum absolute atomic E-state index is 12.6. The number of H-pyrrole nitrogens is 1. The molecule has 0 amide bonds. The lowest BCUT2D eigenvalue weighted by atomic mass is 10.2. The van der Waals surface area contributed by atoms with E-state index >= 15 is 0 Å². The Morgan fingerprint density at radius 3 is 2.62 bits per heavy atom. The summed E-state index contributed by atoms with van der Waals surface area (Å²) in [5.41, 5.74) is -0.125. The van der Waals surface area contributed by atoms with Crippen LogP contribution in [0.3, 0.4) is 0 Å². The Kier molecular flexibility index (Phi) is 3.76. The van der Waals surface area contributed by atoms with E-state index in [0.29, 0.717) is 17.9 Å². The fourth-order valence-corrected chi connectivity index (χ4v) is 2.06. The van der Waals surface area contributed by atoms with Crippen molar-refractivity contribution in [2.45, 2.75) is 19.5 Å². The Labute approximate surface area is 133 Å². The van der Waals surface area contributed by atoms with Gasteiger partial charge in [-0.15, -0.1) is 5.10 Å². The van der Waals surface area contributed by atoms with Crippen LogP contribution < -0.4 is 0 Å². The third-order valence-corrected chi connectivity index (χ3v) is 3.20. The number of hydrogen-bond donors (Lipinski definition) is 1. The fourth-order valence-electron chi connectivity index (χ4n) is 2.06. The summed E-state index contributed by atoms with van der Waals surface area (Å²) in [4.78, 5) is 7.61. The summed E-state index contributed by atoms with van der Waals surface area (Å²) >= 11 is 0. The molecule has 3 aromatic heterocycles. The minimum atomic E-state index is -4.52. The number of nitrogens with one attached hydrogen (secondary N) is 1. The quantitative estimate of drug-likeness (QED) is 0.789. The Morgan fingerprint density at radius 2 is 2.04 bits per heavy atom. The molecule has 1 N–H and O–H groups in total. The molecule has 0 radical (unpaired) electrons. The molecule has 0 spiro atoms. The predicted molar refractivity (Wildman–Crippen MR) is 74.2 cm³/mol. The molecule has 24 heavy (non-hydrogen) atoms. The summed E-state index contributed by atoms with van der Waals surface area (Å²) in [7, 11) is 0. The summed E-state index contributed by atoms with van der Waals surface area (Å²) in [5, 5.41) is 18.9. The molecule has 0 unspecified atom stereocenters. The van der Waals surface area contributed by atoms with Crippen molar-refractivity contribution >= 4 is 0 Å². The van der Waals surface area contributed by atoms with Crippen molar-refractivity contribution in [2.24, 2.45) is 0 Å². The van der Waals surface area contributed by atoms with Crippen molar-refractivity contribution in [2.75, 3.05) is 0 Å². The van der Waals surface area contributed by atoms with Crippen molar-refractivity contribution in [1.29, 1.82) is 5.26 Å². The van der Waals surface area contributed by atoms with Gasteiger partial charge in [-0.3, -0.25) is 4.98 Å². The van der Waals surface area contributed by atoms with Crippen LogP contribution in [0.1, 0.15) is 24.1 Å². The Morgan fingerprint density at radius 1 is 1.25 bits per heavy atom. The summed E-state index contributed by atoms with van der Waals surface area (Å²) < 4.78 is 43.3. The summed E-state index contributed by atoms with van der Waals surface area (Å²) in [6.45, 7) is 1.81. The lowest BCUT2D eigenvalue weighted by Gasteiger charge is -2.04. The van der Waals surface area contributed by atoms with Crippen LogP contribution in [0.25, 0.3) is 22.8 Å². The first-order valence-electron chi connectivity index (χ1n) is 6.78. The number of halogens is 3. The van der Waals surface area contributed by atoms with Gasteiger partial charge in [0.25, 0.3) is 0 Å². The lowest BCUT2D eigenvalue weighted by molar-refractivity contribution is -0.141. The molecule has 0 aliphatic rings. The molecule has 3 rings (SSSR count). The number of alkyl halides is 3. The molecule has 0 saturated heterocycles. The highest BCUT2D eigenvalue weighted by Crippen LogP contribution is 2.31. The van der Waals surface area contributed by atoms with Gasteiger partial charge in [0.15, 0.2) is 11.4 Å². The molecule has 7 nitrogen and oxygen atoms in total. The van der Waals surface area contributed by atoms with Crippen LogP contribution in [-0.4, -0.2) is 25.4 Å². The first-order valence-corrected chi connectivity index (χ1v) is 6.78. The molecule has 0 aromatic carbocycles. The second kappa shape index (κ2) is 5.77. The van der Waals surface area contributed by atoms with E-state index in [9.17, 15) is 13.2 Å². The number of aryl methyl sites for hydroxylation is 1. The maximum atomic E-state index is 12.6. The van der Waals surface area contributed by atoms with E-state index < -0.39 is 11.9 Å². The number of nitriles is 1. The van der Waals surface area contributed by atoms with Crippen molar-refractivity contribution in [3.05, 3.63) is 35.5 Å². The van der Waals surface area contributed by atoms with E-state index in [0.717, 1.165) is 12.3 Å². The molecular weight excluding hydrogens is 325 g/mol. The molecule has 3 heterocycles. The van der Waals surface area contributed by atoms with Gasteiger partial charge in [-0.1, -0.05) is 6.92 Å². The number of oxazole rings is 1. The van der Waals surface area contributed by atoms with Gasteiger partial charge in [0.05, 0.1) is 5.56 Å². The molecule has 0 atom stereocenters. The van der Waals surface area contributed by atoms with E-state index in [1.54, 1.807) is 0 Å². The summed E-state index contributed by atoms with van der Waals surface area (Å²) in [5.74, 6) is 0.533. The zero-order chi connectivity index (χ0) is 17.3. The van der Waals surface area contributed by atoms with Crippen molar-refractivity contribution in [3.63, 3.8) is 0 Å². The number of aromatic nitrogens is 5. The van der Waals surface area contributed by atoms with Gasteiger partial charge in [-0.05, 0) is 12.1 Å². The van der Waals surface area contributed by atoms with Crippen LogP contribution in [0.4, 0.5) is 13.2 Å². The fraction of sp³-hybridized carbons (Fsp3) is 0.214. The van der Waals surface area contributed by atoms with E-state index in [2.05, 4.69) is 25.4 Å². The van der Waals surface area contributed by atoms with Crippen LogP contribution in [0.2, 0.25) is 0 Å². The molecule has 0 aliphatic carbocycles. The highest BCUT2D eigenvalue weighted by atomic mass is 19.4. The first-order chi connectivity index (χ1) is 11.4. The van der Waals surface area contributed by atoms with Gasteiger partial charge in [-0.25, -0.2) is 4.98 Å². The molecule has 0 aliphatic heterocycles. The molecule has 0 fully saturated rings. The van der Waals surface area contributed by atoms with E-state index in [1.807, 2.05) is 13.0 Å². The predicted octanol–water partition coefficient (Wildman–Crippen LogP) is 2.97. The SMILES string of the molecule is CCc1oc(-c2ccc(C(F)(F)F)nc2)nc1-c1n[nH]nc1C#N. The van der Waals surface area contributed by atoms with Gasteiger partial charge in [0.1, 0.15) is 23.2 Å². The highest BCUT2D eigenvalue weighted by molar-refractivity contribution is 5.65. The first kappa shape index (κ1) is 15.7. The number of pyridine rings is 1. The van der Waals surface area contributed by atoms with Crippen LogP contribution in [-0.2, 0) is 12.6 Å². The number of rotatable bonds is 3. The summed E-state index contributed by atoms with van der Waals surface area (Å²) in [6.07, 6.45) is -3.03. The van der Waals surface area contributed by atoms with Crippen LogP contribution in [0.5, 0.6) is 0 Å². The Balaban J connectivity index is 2.03. The van der Waals surface area contributed by atoms with Crippen molar-refractivity contribution in [1.82, 2.24) is 25.4 Å². The molecule has 3 aromatic rings. The molecule has 122 valence electrons. The average molecular weight is 334 g/mol. The minimum Gasteiger partial charge on any atom is -0.440 e. The van der Waals surface area contributed by atoms with Crippen LogP contribution in [0, 0.1) is 11.3 Å². The van der Waals surface area contributed by atoms with Crippen LogP contribution in [0.15, 0.2) is 22.7 Å². The summed E-state index contributed by atoms with van der Waals surface area (Å²) in [6, 6.07) is 3.94. The van der Waals surface area contributed by atoms with Gasteiger partial charge in [-0.2, -0.15) is 28.7 Å². The Bertz CT molecular complexity index is 904. The van der Waals surface area contributed by atoms with Gasteiger partial charge in [0.2, 0.25) is 5.89 Å². The zero-order valence-electron chi connectivity index (χ0n) is 12.2. The minimum absolute atomic E-state index is 0.0510. The second-order valence-corrected chi connectivity index (χ2v) is 4.71. The van der Waals surface area contributed by atoms with Crippen molar-refractivity contribution < 1.29 is 17.6 Å². The monoisotopic (exact) mass is 334 g/mol. The van der Waals surface area contributed by atoms with Gasteiger partial charge in [0, 0.05) is 12.6 Å². The standard InChI is InChI=1S/C14H9F3N6O/c1-2-9-12(11-8(5-18)21-23-22-11)20-13(24-9)7-3-4-10(19-6-7)14(15,16)17/h3-4,6H,2H2,1H3,(H,21,22,23).